The summed E-state index contributed by atoms with van der Waals surface area (Å²) in [5.41, 5.74) is 4.26. The van der Waals surface area contributed by atoms with Crippen LogP contribution in [0.5, 0.6) is 0 Å². The van der Waals surface area contributed by atoms with Gasteiger partial charge in [0.2, 0.25) is 0 Å². The van der Waals surface area contributed by atoms with Crippen molar-refractivity contribution in [2.24, 2.45) is 0 Å². The van der Waals surface area contributed by atoms with Crippen molar-refractivity contribution >= 4 is 11.6 Å². The molecule has 26 heavy (non-hydrogen) atoms. The van der Waals surface area contributed by atoms with E-state index in [1.165, 1.54) is 23.1 Å². The number of carbonyl (C=O) groups is 1. The minimum absolute atomic E-state index is 0.0453. The van der Waals surface area contributed by atoms with Crippen LogP contribution in [0.25, 0.3) is 11.1 Å². The molecular formula is C22H22N2O2. The van der Waals surface area contributed by atoms with E-state index in [1.54, 1.807) is 12.3 Å². The summed E-state index contributed by atoms with van der Waals surface area (Å²) in [4.78, 5) is 16.9. The molecule has 0 bridgehead atoms. The van der Waals surface area contributed by atoms with Crippen LogP contribution in [0.3, 0.4) is 0 Å². The molecule has 0 spiro atoms. The van der Waals surface area contributed by atoms with Crippen LogP contribution in [0.1, 0.15) is 17.3 Å². The van der Waals surface area contributed by atoms with Gasteiger partial charge in [0.1, 0.15) is 6.26 Å². The Bertz CT molecular complexity index is 874. The van der Waals surface area contributed by atoms with Crippen molar-refractivity contribution in [2.45, 2.75) is 13.0 Å². The number of carbonyl (C=O) groups excluding carboxylic acids is 1. The highest BCUT2D eigenvalue weighted by molar-refractivity contribution is 5.94. The maximum Gasteiger partial charge on any atom is 0.257 e. The van der Waals surface area contributed by atoms with Crippen molar-refractivity contribution in [1.29, 1.82) is 0 Å². The van der Waals surface area contributed by atoms with Crippen LogP contribution in [0.15, 0.2) is 77.6 Å². The predicted molar refractivity (Wildman–Crippen MR) is 103 cm³/mol. The van der Waals surface area contributed by atoms with Gasteiger partial charge in [-0.2, -0.15) is 0 Å². The zero-order valence-corrected chi connectivity index (χ0v) is 14.8. The Morgan fingerprint density at radius 1 is 1.00 bits per heavy atom. The third-order valence-electron chi connectivity index (χ3n) is 4.97. The Morgan fingerprint density at radius 3 is 2.54 bits per heavy atom. The average molecular weight is 346 g/mol. The summed E-state index contributed by atoms with van der Waals surface area (Å²) in [5, 5.41) is 0. The highest BCUT2D eigenvalue weighted by atomic mass is 16.3. The zero-order chi connectivity index (χ0) is 17.9. The Kier molecular flexibility index (Phi) is 4.48. The summed E-state index contributed by atoms with van der Waals surface area (Å²) in [5.74, 6) is 0.0453. The van der Waals surface area contributed by atoms with E-state index in [4.69, 9.17) is 4.42 Å². The van der Waals surface area contributed by atoms with Gasteiger partial charge in [-0.05, 0) is 36.2 Å². The fourth-order valence-electron chi connectivity index (χ4n) is 3.56. The third kappa shape index (κ3) is 3.23. The molecule has 4 rings (SSSR count). The van der Waals surface area contributed by atoms with Crippen LogP contribution >= 0.6 is 0 Å². The number of nitrogens with zero attached hydrogens (tertiary/aromatic N) is 2. The number of furan rings is 1. The normalized spacial score (nSPS) is 17.3. The second-order valence-electron chi connectivity index (χ2n) is 6.72. The van der Waals surface area contributed by atoms with Crippen LogP contribution in [-0.2, 0) is 0 Å². The predicted octanol–water partition coefficient (Wildman–Crippen LogP) is 4.30. The molecule has 1 saturated heterocycles. The van der Waals surface area contributed by atoms with E-state index in [1.807, 2.05) is 11.0 Å². The van der Waals surface area contributed by atoms with Crippen molar-refractivity contribution in [3.05, 3.63) is 78.8 Å². The molecule has 0 N–H and O–H groups in total. The molecule has 1 aliphatic rings. The van der Waals surface area contributed by atoms with Crippen LogP contribution < -0.4 is 4.90 Å². The second-order valence-corrected chi connectivity index (χ2v) is 6.72. The summed E-state index contributed by atoms with van der Waals surface area (Å²) >= 11 is 0. The molecule has 1 aliphatic heterocycles. The molecule has 1 atom stereocenters. The highest BCUT2D eigenvalue weighted by Crippen LogP contribution is 2.26. The molecule has 0 saturated carbocycles. The molecule has 2 heterocycles. The first-order valence-electron chi connectivity index (χ1n) is 8.96. The molecule has 2 aromatic carbocycles. The number of rotatable bonds is 3. The van der Waals surface area contributed by atoms with E-state index in [2.05, 4.69) is 60.4 Å². The molecule has 1 fully saturated rings. The number of piperazine rings is 1. The second kappa shape index (κ2) is 7.08. The van der Waals surface area contributed by atoms with E-state index >= 15 is 0 Å². The van der Waals surface area contributed by atoms with Gasteiger partial charge in [-0.15, -0.1) is 0 Å². The van der Waals surface area contributed by atoms with Crippen molar-refractivity contribution in [3.63, 3.8) is 0 Å². The Hall–Kier alpha value is -3.01. The molecule has 1 aromatic heterocycles. The average Bonchev–Trinajstić information content (AvgIpc) is 3.23. The van der Waals surface area contributed by atoms with E-state index in [-0.39, 0.29) is 11.9 Å². The van der Waals surface area contributed by atoms with Crippen LogP contribution in [-0.4, -0.2) is 36.5 Å². The lowest BCUT2D eigenvalue weighted by Crippen LogP contribution is -2.54. The number of anilines is 1. The lowest BCUT2D eigenvalue weighted by molar-refractivity contribution is 0.0673. The summed E-state index contributed by atoms with van der Waals surface area (Å²) in [6, 6.07) is 20.9. The van der Waals surface area contributed by atoms with Gasteiger partial charge in [0.25, 0.3) is 5.91 Å². The van der Waals surface area contributed by atoms with Gasteiger partial charge >= 0.3 is 0 Å². The highest BCUT2D eigenvalue weighted by Gasteiger charge is 2.28. The van der Waals surface area contributed by atoms with E-state index in [9.17, 15) is 4.79 Å². The van der Waals surface area contributed by atoms with Crippen molar-refractivity contribution in [2.75, 3.05) is 24.5 Å². The zero-order valence-electron chi connectivity index (χ0n) is 14.8. The van der Waals surface area contributed by atoms with Gasteiger partial charge in [0.05, 0.1) is 11.8 Å². The quantitative estimate of drug-likeness (QED) is 0.709. The Balaban J connectivity index is 1.50. The first-order valence-corrected chi connectivity index (χ1v) is 8.96. The SMILES string of the molecule is CC1CN(c2cccc(-c3ccccc3)c2)CCN1C(=O)c1ccoc1. The summed E-state index contributed by atoms with van der Waals surface area (Å²) in [6.45, 7) is 4.46. The molecule has 1 amide bonds. The monoisotopic (exact) mass is 346 g/mol. The van der Waals surface area contributed by atoms with Crippen LogP contribution in [0.2, 0.25) is 0 Å². The lowest BCUT2D eigenvalue weighted by atomic mass is 10.0. The summed E-state index contributed by atoms with van der Waals surface area (Å²) in [7, 11) is 0. The molecule has 0 aliphatic carbocycles. The standard InChI is InChI=1S/C22H22N2O2/c1-17-15-23(11-12-24(17)22(25)20-10-13-26-16-20)21-9-5-8-19(14-21)18-6-3-2-4-7-18/h2-10,13-14,16-17H,11-12,15H2,1H3. The van der Waals surface area contributed by atoms with Gasteiger partial charge in [-0.3, -0.25) is 4.79 Å². The maximum atomic E-state index is 12.6. The van der Waals surface area contributed by atoms with Gasteiger partial charge in [-0.25, -0.2) is 0 Å². The fraction of sp³-hybridized carbons (Fsp3) is 0.227. The molecule has 4 nitrogen and oxygen atoms in total. The number of benzene rings is 2. The lowest BCUT2D eigenvalue weighted by Gasteiger charge is -2.41. The smallest absolute Gasteiger partial charge is 0.257 e. The summed E-state index contributed by atoms with van der Waals surface area (Å²) in [6.07, 6.45) is 3.06. The molecule has 1 unspecified atom stereocenters. The fourth-order valence-corrected chi connectivity index (χ4v) is 3.56. The van der Waals surface area contributed by atoms with E-state index in [0.717, 1.165) is 13.1 Å². The molecule has 4 heteroatoms. The third-order valence-corrected chi connectivity index (χ3v) is 4.97. The number of amides is 1. The first-order chi connectivity index (χ1) is 12.7. The van der Waals surface area contributed by atoms with Crippen molar-refractivity contribution < 1.29 is 9.21 Å². The Morgan fingerprint density at radius 2 is 1.81 bits per heavy atom. The van der Waals surface area contributed by atoms with E-state index < -0.39 is 0 Å². The maximum absolute atomic E-state index is 12.6. The first kappa shape index (κ1) is 16.5. The van der Waals surface area contributed by atoms with Gasteiger partial charge < -0.3 is 14.2 Å². The molecule has 3 aromatic rings. The van der Waals surface area contributed by atoms with Gasteiger partial charge in [-0.1, -0.05) is 42.5 Å². The topological polar surface area (TPSA) is 36.7 Å². The van der Waals surface area contributed by atoms with Crippen molar-refractivity contribution in [1.82, 2.24) is 4.90 Å². The molecule has 0 radical (unpaired) electrons. The van der Waals surface area contributed by atoms with Gasteiger partial charge in [0, 0.05) is 31.4 Å². The number of hydrogen-bond acceptors (Lipinski definition) is 3. The minimum Gasteiger partial charge on any atom is -0.472 e. The number of hydrogen-bond donors (Lipinski definition) is 0. The van der Waals surface area contributed by atoms with E-state index in [0.29, 0.717) is 12.1 Å². The van der Waals surface area contributed by atoms with Crippen molar-refractivity contribution in [3.8, 4) is 11.1 Å². The van der Waals surface area contributed by atoms with Gasteiger partial charge in [0.15, 0.2) is 0 Å². The van der Waals surface area contributed by atoms with Crippen LogP contribution in [0, 0.1) is 0 Å². The molecular weight excluding hydrogens is 324 g/mol. The van der Waals surface area contributed by atoms with Crippen LogP contribution in [0.4, 0.5) is 5.69 Å². The Labute approximate surface area is 153 Å². The summed E-state index contributed by atoms with van der Waals surface area (Å²) < 4.78 is 5.05. The minimum atomic E-state index is 0.0453. The largest absolute Gasteiger partial charge is 0.472 e. The molecule has 132 valence electrons.